The molecule has 16 rings (SSSR count). The van der Waals surface area contributed by atoms with Gasteiger partial charge in [0.2, 0.25) is 0 Å². The van der Waals surface area contributed by atoms with Crippen LogP contribution in [0.4, 0.5) is 34.1 Å². The van der Waals surface area contributed by atoms with E-state index >= 15 is 0 Å². The number of hydrogen-bond donors (Lipinski definition) is 0. The molecule has 2 unspecified atom stereocenters. The van der Waals surface area contributed by atoms with Gasteiger partial charge in [-0.3, -0.25) is 0 Å². The predicted molar refractivity (Wildman–Crippen MR) is 333 cm³/mol. The Morgan fingerprint density at radius 3 is 1.05 bits per heavy atom. The molecule has 8 bridgehead atoms. The molecule has 2 heteroatoms. The Morgan fingerprint density at radius 1 is 0.237 bits per heavy atom. The summed E-state index contributed by atoms with van der Waals surface area (Å²) in [4.78, 5) is 5.10. The monoisotopic (exact) mass is 1020 g/mol. The first kappa shape index (κ1) is 46.3. The first-order valence-electron chi connectivity index (χ1n) is 28.2. The van der Waals surface area contributed by atoms with Crippen molar-refractivity contribution < 1.29 is 0 Å². The van der Waals surface area contributed by atoms with Gasteiger partial charge in [0, 0.05) is 33.9 Å². The van der Waals surface area contributed by atoms with Gasteiger partial charge in [-0.05, 0) is 212 Å². The first-order chi connectivity index (χ1) is 39.3. The lowest BCUT2D eigenvalue weighted by Gasteiger charge is -2.37. The van der Waals surface area contributed by atoms with Crippen LogP contribution in [0.3, 0.4) is 0 Å². The zero-order chi connectivity index (χ0) is 53.4. The molecule has 2 aliphatic carbocycles. The van der Waals surface area contributed by atoms with Crippen molar-refractivity contribution in [3.63, 3.8) is 0 Å². The second kappa shape index (κ2) is 17.4. The maximum absolute atomic E-state index is 2.55. The molecule has 0 saturated heterocycles. The predicted octanol–water partition coefficient (Wildman–Crippen LogP) is 20.2. The average Bonchev–Trinajstić information content (AvgIpc) is 4.19. The normalized spacial score (nSPS) is 16.6. The fourth-order valence-electron chi connectivity index (χ4n) is 14.9. The van der Waals surface area contributed by atoms with Gasteiger partial charge < -0.3 is 9.80 Å². The molecular weight excluding hydrogens is 965 g/mol. The molecule has 0 saturated carbocycles. The molecule has 378 valence electrons. The van der Waals surface area contributed by atoms with Gasteiger partial charge in [0.25, 0.3) is 0 Å². The number of para-hydroxylation sites is 2. The number of rotatable bonds is 5. The molecule has 80 heavy (non-hydrogen) atoms. The number of fused-ring (bicyclic) bond motifs is 18. The maximum Gasteiger partial charge on any atom is 0.0714 e. The number of nitrogens with zero attached hydrogens (tertiary/aromatic N) is 2. The van der Waals surface area contributed by atoms with Gasteiger partial charge in [-0.15, -0.1) is 0 Å². The Morgan fingerprint density at radius 2 is 0.613 bits per heavy atom. The molecule has 0 spiro atoms. The van der Waals surface area contributed by atoms with Crippen LogP contribution < -0.4 is 9.80 Å². The Kier molecular flexibility index (Phi) is 10.1. The van der Waals surface area contributed by atoms with Crippen molar-refractivity contribution in [2.45, 2.75) is 38.5 Å². The molecule has 0 aromatic heterocycles. The van der Waals surface area contributed by atoms with E-state index in [1.807, 2.05) is 0 Å². The molecule has 0 radical (unpaired) electrons. The highest BCUT2D eigenvalue weighted by atomic mass is 15.2. The first-order valence-corrected chi connectivity index (χ1v) is 28.2. The minimum Gasteiger partial charge on any atom is -0.309 e. The van der Waals surface area contributed by atoms with Crippen molar-refractivity contribution >= 4 is 34.1 Å². The van der Waals surface area contributed by atoms with Gasteiger partial charge >= 0.3 is 0 Å². The molecule has 2 heterocycles. The van der Waals surface area contributed by atoms with Crippen LogP contribution >= 0.6 is 0 Å². The molecule has 0 fully saturated rings. The van der Waals surface area contributed by atoms with E-state index < -0.39 is 10.8 Å². The largest absolute Gasteiger partial charge is 0.309 e. The lowest BCUT2D eigenvalue weighted by atomic mass is 9.67. The van der Waals surface area contributed by atoms with Gasteiger partial charge in [-0.2, -0.15) is 0 Å². The standard InChI is InChI=1S/C78H56N2/c1-49-21-11-17-35-73(49)79-61-37-39-65-63-31-13-15-33-69(63)77(71(65)47-61,57-25-7-5-8-26-57)59-29-19-23-53(43-59)67-45-55(41-51(3)75(67)79)56-42-52(4)76-68(46-56)54-24-20-30-60(44-54)78(58-27-9-6-10-28-58)70-34-16-14-32-64(70)66-40-38-62(48-72(66)78)80(76)74-36-18-12-22-50(74)2/h5-48H,1-4H3. The summed E-state index contributed by atoms with van der Waals surface area (Å²) in [5.41, 5.74) is 33.2. The summed E-state index contributed by atoms with van der Waals surface area (Å²) in [6.07, 6.45) is 0. The highest BCUT2D eigenvalue weighted by molar-refractivity contribution is 6.00. The topological polar surface area (TPSA) is 6.48 Å². The fourth-order valence-corrected chi connectivity index (χ4v) is 14.9. The van der Waals surface area contributed by atoms with Crippen LogP contribution in [0.25, 0.3) is 55.6 Å². The molecular formula is C78H56N2. The summed E-state index contributed by atoms with van der Waals surface area (Å²) >= 11 is 0. The van der Waals surface area contributed by atoms with Gasteiger partial charge in [0.1, 0.15) is 0 Å². The summed E-state index contributed by atoms with van der Waals surface area (Å²) in [5.74, 6) is 0. The maximum atomic E-state index is 2.55. The third kappa shape index (κ3) is 6.36. The van der Waals surface area contributed by atoms with E-state index in [0.29, 0.717) is 0 Å². The van der Waals surface area contributed by atoms with Crippen molar-refractivity contribution in [3.05, 3.63) is 334 Å². The molecule has 0 N–H and O–H groups in total. The second-order valence-electron chi connectivity index (χ2n) is 22.6. The lowest BCUT2D eigenvalue weighted by Crippen LogP contribution is -2.29. The third-order valence-electron chi connectivity index (χ3n) is 18.3. The molecule has 12 aromatic carbocycles. The van der Waals surface area contributed by atoms with Crippen LogP contribution in [0, 0.1) is 27.7 Å². The van der Waals surface area contributed by atoms with Crippen LogP contribution in [0.2, 0.25) is 0 Å². The summed E-state index contributed by atoms with van der Waals surface area (Å²) in [7, 11) is 0. The average molecular weight is 1020 g/mol. The van der Waals surface area contributed by atoms with Crippen LogP contribution in [-0.2, 0) is 10.8 Å². The molecule has 2 atom stereocenters. The van der Waals surface area contributed by atoms with E-state index in [9.17, 15) is 0 Å². The molecule has 0 amide bonds. The SMILES string of the molecule is Cc1ccccc1N1c2ccc3c(c2)C(c2ccccc2)(c2cccc(c2)-c2cc(-c4cc(C)c5c(c4)-c4cccc(c4)C4(c6ccccc6)c6ccccc6-c6ccc(cc64)N5c4ccccc4C)cc(C)c21)c1ccccc1-3. The van der Waals surface area contributed by atoms with Crippen molar-refractivity contribution in [1.29, 1.82) is 0 Å². The van der Waals surface area contributed by atoms with Gasteiger partial charge in [-0.1, -0.05) is 194 Å². The summed E-state index contributed by atoms with van der Waals surface area (Å²) in [6, 6.07) is 102. The van der Waals surface area contributed by atoms with Crippen molar-refractivity contribution in [2.24, 2.45) is 0 Å². The van der Waals surface area contributed by atoms with Gasteiger partial charge in [0.15, 0.2) is 0 Å². The summed E-state index contributed by atoms with van der Waals surface area (Å²) < 4.78 is 0. The van der Waals surface area contributed by atoms with E-state index in [1.54, 1.807) is 0 Å². The van der Waals surface area contributed by atoms with E-state index in [0.717, 1.165) is 22.7 Å². The smallest absolute Gasteiger partial charge is 0.0714 e. The van der Waals surface area contributed by atoms with E-state index in [1.165, 1.54) is 134 Å². The van der Waals surface area contributed by atoms with Crippen LogP contribution in [0.15, 0.2) is 267 Å². The van der Waals surface area contributed by atoms with Crippen LogP contribution in [0.1, 0.15) is 66.8 Å². The van der Waals surface area contributed by atoms with E-state index in [2.05, 4.69) is 304 Å². The second-order valence-corrected chi connectivity index (χ2v) is 22.6. The number of benzene rings is 12. The minimum atomic E-state index is -0.552. The fraction of sp³-hybridized carbons (Fsp3) is 0.0769. The third-order valence-corrected chi connectivity index (χ3v) is 18.3. The summed E-state index contributed by atoms with van der Waals surface area (Å²) in [5, 5.41) is 0. The molecule has 2 aliphatic heterocycles. The zero-order valence-electron chi connectivity index (χ0n) is 45.3. The quantitative estimate of drug-likeness (QED) is 0.170. The summed E-state index contributed by atoms with van der Waals surface area (Å²) in [6.45, 7) is 9.14. The Balaban J connectivity index is 0.980. The zero-order valence-corrected chi connectivity index (χ0v) is 45.3. The lowest BCUT2D eigenvalue weighted by molar-refractivity contribution is 0.768. The highest BCUT2D eigenvalue weighted by Crippen LogP contribution is 2.61. The van der Waals surface area contributed by atoms with Gasteiger partial charge in [0.05, 0.1) is 22.2 Å². The van der Waals surface area contributed by atoms with Gasteiger partial charge in [-0.25, -0.2) is 0 Å². The van der Waals surface area contributed by atoms with Crippen LogP contribution in [-0.4, -0.2) is 0 Å². The van der Waals surface area contributed by atoms with Crippen LogP contribution in [0.5, 0.6) is 0 Å². The minimum absolute atomic E-state index is 0.552. The van der Waals surface area contributed by atoms with E-state index in [-0.39, 0.29) is 0 Å². The van der Waals surface area contributed by atoms with Crippen molar-refractivity contribution in [2.75, 3.05) is 9.80 Å². The Hall–Kier alpha value is -9.76. The van der Waals surface area contributed by atoms with Crippen molar-refractivity contribution in [1.82, 2.24) is 0 Å². The molecule has 4 aliphatic rings. The Bertz CT molecular complexity index is 4260. The highest BCUT2D eigenvalue weighted by Gasteiger charge is 2.49. The molecule has 2 nitrogen and oxygen atoms in total. The number of aryl methyl sites for hydroxylation is 4. The van der Waals surface area contributed by atoms with E-state index in [4.69, 9.17) is 0 Å². The molecule has 12 aromatic rings. The van der Waals surface area contributed by atoms with Crippen molar-refractivity contribution in [3.8, 4) is 55.6 Å². The number of anilines is 6. The number of hydrogen-bond acceptors (Lipinski definition) is 2. The Labute approximate surface area is 469 Å².